The van der Waals surface area contributed by atoms with E-state index in [1.807, 2.05) is 11.8 Å². The molecule has 0 radical (unpaired) electrons. The van der Waals surface area contributed by atoms with Crippen LogP contribution in [0.5, 0.6) is 0 Å². The standard InChI is InChI=1S/C14H20N2S/c1-11-8-16(7-6-15-11)9-12-10-17-14-5-3-2-4-13(12)14/h2-5,11-12,15H,6-10H2,1H3. The summed E-state index contributed by atoms with van der Waals surface area (Å²) in [6.45, 7) is 7.05. The molecule has 17 heavy (non-hydrogen) atoms. The fourth-order valence-electron chi connectivity index (χ4n) is 2.87. The molecule has 2 atom stereocenters. The van der Waals surface area contributed by atoms with Crippen molar-refractivity contribution in [2.45, 2.75) is 23.8 Å². The van der Waals surface area contributed by atoms with Crippen molar-refractivity contribution in [1.82, 2.24) is 10.2 Å². The normalized spacial score (nSPS) is 29.2. The lowest BCUT2D eigenvalue weighted by molar-refractivity contribution is 0.199. The second-order valence-electron chi connectivity index (χ2n) is 5.16. The highest BCUT2D eigenvalue weighted by Gasteiger charge is 2.26. The van der Waals surface area contributed by atoms with E-state index in [0.29, 0.717) is 6.04 Å². The van der Waals surface area contributed by atoms with Gasteiger partial charge in [0.25, 0.3) is 0 Å². The van der Waals surface area contributed by atoms with E-state index < -0.39 is 0 Å². The van der Waals surface area contributed by atoms with Crippen molar-refractivity contribution in [2.75, 3.05) is 31.9 Å². The molecule has 1 fully saturated rings. The van der Waals surface area contributed by atoms with Crippen LogP contribution in [0.1, 0.15) is 18.4 Å². The zero-order chi connectivity index (χ0) is 11.7. The minimum atomic E-state index is 0.646. The van der Waals surface area contributed by atoms with Crippen LogP contribution in [0.2, 0.25) is 0 Å². The van der Waals surface area contributed by atoms with Crippen LogP contribution in [-0.2, 0) is 0 Å². The number of hydrogen-bond acceptors (Lipinski definition) is 3. The summed E-state index contributed by atoms with van der Waals surface area (Å²) in [7, 11) is 0. The molecule has 0 aromatic heterocycles. The fourth-order valence-corrected chi connectivity index (χ4v) is 4.11. The molecule has 0 bridgehead atoms. The molecule has 92 valence electrons. The van der Waals surface area contributed by atoms with Gasteiger partial charge in [-0.25, -0.2) is 0 Å². The zero-order valence-electron chi connectivity index (χ0n) is 10.4. The maximum Gasteiger partial charge on any atom is 0.0167 e. The average molecular weight is 248 g/mol. The molecule has 0 spiro atoms. The monoisotopic (exact) mass is 248 g/mol. The minimum absolute atomic E-state index is 0.646. The maximum absolute atomic E-state index is 3.51. The predicted octanol–water partition coefficient (Wildman–Crippen LogP) is 2.17. The average Bonchev–Trinajstić information content (AvgIpc) is 2.73. The SMILES string of the molecule is CC1CN(CC2CSc3ccccc32)CCN1. The summed E-state index contributed by atoms with van der Waals surface area (Å²) in [5.41, 5.74) is 1.57. The molecule has 1 aromatic rings. The molecular formula is C14H20N2S. The largest absolute Gasteiger partial charge is 0.312 e. The predicted molar refractivity (Wildman–Crippen MR) is 73.8 cm³/mol. The Kier molecular flexibility index (Phi) is 3.41. The molecule has 2 nitrogen and oxygen atoms in total. The summed E-state index contributed by atoms with van der Waals surface area (Å²) in [4.78, 5) is 4.12. The molecule has 1 aromatic carbocycles. The van der Waals surface area contributed by atoms with Gasteiger partial charge < -0.3 is 5.32 Å². The first-order chi connectivity index (χ1) is 8.33. The van der Waals surface area contributed by atoms with Crippen LogP contribution in [-0.4, -0.2) is 42.9 Å². The third kappa shape index (κ3) is 2.51. The molecule has 3 rings (SSSR count). The van der Waals surface area contributed by atoms with Gasteiger partial charge in [0.1, 0.15) is 0 Å². The van der Waals surface area contributed by atoms with E-state index in [1.165, 1.54) is 30.3 Å². The Balaban J connectivity index is 1.67. The third-order valence-corrected chi connectivity index (χ3v) is 4.98. The lowest BCUT2D eigenvalue weighted by atomic mass is 10.0. The zero-order valence-corrected chi connectivity index (χ0v) is 11.2. The number of rotatable bonds is 2. The number of hydrogen-bond donors (Lipinski definition) is 1. The number of benzene rings is 1. The second-order valence-corrected chi connectivity index (χ2v) is 6.22. The van der Waals surface area contributed by atoms with Gasteiger partial charge in [0.05, 0.1) is 0 Å². The van der Waals surface area contributed by atoms with Crippen LogP contribution in [0, 0.1) is 0 Å². The van der Waals surface area contributed by atoms with Gasteiger partial charge in [-0.1, -0.05) is 18.2 Å². The molecule has 2 aliphatic heterocycles. The molecule has 2 aliphatic rings. The summed E-state index contributed by atoms with van der Waals surface area (Å²) >= 11 is 2.02. The van der Waals surface area contributed by atoms with Crippen molar-refractivity contribution in [2.24, 2.45) is 0 Å². The van der Waals surface area contributed by atoms with E-state index in [2.05, 4.69) is 41.4 Å². The first kappa shape index (κ1) is 11.6. The molecule has 1 saturated heterocycles. The van der Waals surface area contributed by atoms with Crippen molar-refractivity contribution < 1.29 is 0 Å². The summed E-state index contributed by atoms with van der Waals surface area (Å²) in [6, 6.07) is 9.55. The van der Waals surface area contributed by atoms with Crippen molar-refractivity contribution in [3.8, 4) is 0 Å². The molecule has 2 heterocycles. The minimum Gasteiger partial charge on any atom is -0.312 e. The number of nitrogens with one attached hydrogen (secondary N) is 1. The Hall–Kier alpha value is -0.510. The van der Waals surface area contributed by atoms with Gasteiger partial charge in [-0.05, 0) is 18.6 Å². The summed E-state index contributed by atoms with van der Waals surface area (Å²) in [6.07, 6.45) is 0. The smallest absolute Gasteiger partial charge is 0.0167 e. The van der Waals surface area contributed by atoms with Crippen molar-refractivity contribution >= 4 is 11.8 Å². The summed E-state index contributed by atoms with van der Waals surface area (Å²) in [5.74, 6) is 2.00. The highest BCUT2D eigenvalue weighted by atomic mass is 32.2. The van der Waals surface area contributed by atoms with Gasteiger partial charge in [0.2, 0.25) is 0 Å². The highest BCUT2D eigenvalue weighted by Crippen LogP contribution is 2.39. The van der Waals surface area contributed by atoms with E-state index in [9.17, 15) is 0 Å². The molecule has 0 amide bonds. The molecule has 1 N–H and O–H groups in total. The van der Waals surface area contributed by atoms with E-state index in [0.717, 1.165) is 12.5 Å². The van der Waals surface area contributed by atoms with E-state index in [-0.39, 0.29) is 0 Å². The molecule has 3 heteroatoms. The van der Waals surface area contributed by atoms with Crippen molar-refractivity contribution in [3.05, 3.63) is 29.8 Å². The topological polar surface area (TPSA) is 15.3 Å². The van der Waals surface area contributed by atoms with Crippen molar-refractivity contribution in [1.29, 1.82) is 0 Å². The quantitative estimate of drug-likeness (QED) is 0.863. The van der Waals surface area contributed by atoms with Crippen LogP contribution in [0.4, 0.5) is 0 Å². The van der Waals surface area contributed by atoms with Gasteiger partial charge in [-0.2, -0.15) is 0 Å². The lowest BCUT2D eigenvalue weighted by Crippen LogP contribution is -2.50. The Bertz CT molecular complexity index is 394. The van der Waals surface area contributed by atoms with E-state index in [4.69, 9.17) is 0 Å². The number of thioether (sulfide) groups is 1. The Morgan fingerprint density at radius 2 is 2.29 bits per heavy atom. The van der Waals surface area contributed by atoms with E-state index >= 15 is 0 Å². The fraction of sp³-hybridized carbons (Fsp3) is 0.571. The van der Waals surface area contributed by atoms with Crippen LogP contribution in [0.15, 0.2) is 29.2 Å². The number of piperazine rings is 1. The molecule has 0 aliphatic carbocycles. The van der Waals surface area contributed by atoms with Gasteiger partial charge in [0.15, 0.2) is 0 Å². The first-order valence-electron chi connectivity index (χ1n) is 6.50. The summed E-state index contributed by atoms with van der Waals surface area (Å²) in [5, 5.41) is 3.51. The Morgan fingerprint density at radius 3 is 3.18 bits per heavy atom. The van der Waals surface area contributed by atoms with Crippen LogP contribution >= 0.6 is 11.8 Å². The van der Waals surface area contributed by atoms with Crippen molar-refractivity contribution in [3.63, 3.8) is 0 Å². The third-order valence-electron chi connectivity index (χ3n) is 3.73. The van der Waals surface area contributed by atoms with Gasteiger partial charge >= 0.3 is 0 Å². The summed E-state index contributed by atoms with van der Waals surface area (Å²) < 4.78 is 0. The first-order valence-corrected chi connectivity index (χ1v) is 7.49. The maximum atomic E-state index is 3.51. The number of nitrogens with zero attached hydrogens (tertiary/aromatic N) is 1. The molecule has 0 saturated carbocycles. The number of fused-ring (bicyclic) bond motifs is 1. The Labute approximate surface area is 108 Å². The lowest BCUT2D eigenvalue weighted by Gasteiger charge is -2.33. The van der Waals surface area contributed by atoms with Gasteiger partial charge in [0, 0.05) is 48.8 Å². The van der Waals surface area contributed by atoms with Gasteiger partial charge in [-0.15, -0.1) is 11.8 Å². The highest BCUT2D eigenvalue weighted by molar-refractivity contribution is 7.99. The molecular weight excluding hydrogens is 228 g/mol. The van der Waals surface area contributed by atoms with Gasteiger partial charge in [-0.3, -0.25) is 4.90 Å². The second kappa shape index (κ2) is 5.01. The molecule has 2 unspecified atom stereocenters. The van der Waals surface area contributed by atoms with E-state index in [1.54, 1.807) is 5.56 Å². The van der Waals surface area contributed by atoms with Crippen LogP contribution in [0.25, 0.3) is 0 Å². The van der Waals surface area contributed by atoms with Crippen LogP contribution < -0.4 is 5.32 Å². The van der Waals surface area contributed by atoms with Crippen LogP contribution in [0.3, 0.4) is 0 Å². The Morgan fingerprint density at radius 1 is 1.41 bits per heavy atom.